The van der Waals surface area contributed by atoms with Crippen LogP contribution in [0.5, 0.6) is 0 Å². The second kappa shape index (κ2) is 10.8. The molecule has 0 atom stereocenters. The molecule has 0 aliphatic heterocycles. The monoisotopic (exact) mass is 561 g/mol. The van der Waals surface area contributed by atoms with Crippen LogP contribution in [0.2, 0.25) is 0 Å². The highest BCUT2D eigenvalue weighted by Gasteiger charge is 2.35. The molecule has 0 fully saturated rings. The van der Waals surface area contributed by atoms with Crippen molar-refractivity contribution in [1.82, 2.24) is 15.0 Å². The number of halogens is 6. The molecule has 0 saturated heterocycles. The molecule has 38 heavy (non-hydrogen) atoms. The molecule has 3 rings (SSSR count). The molecule has 0 spiro atoms. The number of nitrogens with one attached hydrogen (secondary N) is 1. The minimum Gasteiger partial charge on any atom is -0.359 e. The molecule has 2 aromatic heterocycles. The van der Waals surface area contributed by atoms with E-state index in [1.807, 2.05) is 0 Å². The summed E-state index contributed by atoms with van der Waals surface area (Å²) >= 11 is 0. The molecule has 0 amide bonds. The summed E-state index contributed by atoms with van der Waals surface area (Å²) in [6.45, 7) is 3.21. The van der Waals surface area contributed by atoms with Gasteiger partial charge in [-0.1, -0.05) is 6.92 Å². The maximum Gasteiger partial charge on any atom is 0.419 e. The van der Waals surface area contributed by atoms with Gasteiger partial charge >= 0.3 is 12.4 Å². The number of hydrogen-bond acceptors (Lipinski definition) is 7. The van der Waals surface area contributed by atoms with Gasteiger partial charge in [0.05, 0.1) is 16.8 Å². The fourth-order valence-corrected chi connectivity index (χ4v) is 4.30. The quantitative estimate of drug-likeness (QED) is 0.283. The lowest BCUT2D eigenvalue weighted by Gasteiger charge is -2.23. The molecular weight excluding hydrogens is 536 g/mol. The van der Waals surface area contributed by atoms with Crippen molar-refractivity contribution in [1.29, 1.82) is 0 Å². The second-order valence-electron chi connectivity index (χ2n) is 8.60. The molecule has 0 saturated carbocycles. The number of anilines is 3. The predicted molar refractivity (Wildman–Crippen MR) is 130 cm³/mol. The summed E-state index contributed by atoms with van der Waals surface area (Å²) in [6, 6.07) is 5.15. The van der Waals surface area contributed by atoms with E-state index in [4.69, 9.17) is 0 Å². The highest BCUT2D eigenvalue weighted by atomic mass is 32.2. The molecule has 0 unspecified atom stereocenters. The smallest absolute Gasteiger partial charge is 0.359 e. The van der Waals surface area contributed by atoms with Crippen molar-refractivity contribution in [2.75, 3.05) is 30.1 Å². The normalized spacial score (nSPS) is 12.5. The van der Waals surface area contributed by atoms with Crippen LogP contribution in [-0.4, -0.2) is 43.2 Å². The molecule has 3 aromatic rings. The molecule has 0 radical (unpaired) electrons. The molecule has 1 N–H and O–H groups in total. The Labute approximate surface area is 215 Å². The summed E-state index contributed by atoms with van der Waals surface area (Å²) in [5.74, 6) is -0.216. The van der Waals surface area contributed by atoms with Gasteiger partial charge < -0.3 is 10.2 Å². The third-order valence-corrected chi connectivity index (χ3v) is 6.55. The zero-order chi connectivity index (χ0) is 28.5. The van der Waals surface area contributed by atoms with E-state index in [0.29, 0.717) is 12.0 Å². The Kier molecular flexibility index (Phi) is 8.24. The van der Waals surface area contributed by atoms with E-state index in [2.05, 4.69) is 20.3 Å². The van der Waals surface area contributed by atoms with Crippen molar-refractivity contribution in [3.8, 4) is 0 Å². The molecule has 0 aliphatic carbocycles. The molecule has 0 aliphatic rings. The summed E-state index contributed by atoms with van der Waals surface area (Å²) in [6.07, 6.45) is -6.67. The summed E-state index contributed by atoms with van der Waals surface area (Å²) in [7, 11) is -2.48. The SMILES string of the molecule is CCc1c(CCN(C)c2ncccc2C(F)(F)F)nc(S(C)(=O)=O)nc1Nc1ccc(C(F)(F)F)cc1C. The van der Waals surface area contributed by atoms with Crippen LogP contribution in [0.3, 0.4) is 0 Å². The number of benzene rings is 1. The third kappa shape index (κ3) is 6.71. The van der Waals surface area contributed by atoms with Crippen LogP contribution < -0.4 is 10.2 Å². The van der Waals surface area contributed by atoms with Crippen molar-refractivity contribution in [2.24, 2.45) is 0 Å². The largest absolute Gasteiger partial charge is 0.419 e. The van der Waals surface area contributed by atoms with E-state index in [9.17, 15) is 34.8 Å². The van der Waals surface area contributed by atoms with Gasteiger partial charge in [0.1, 0.15) is 11.6 Å². The molecule has 206 valence electrons. The Morgan fingerprint density at radius 2 is 1.71 bits per heavy atom. The molecule has 2 heterocycles. The number of sulfone groups is 1. The maximum absolute atomic E-state index is 13.4. The summed E-state index contributed by atoms with van der Waals surface area (Å²) in [4.78, 5) is 13.4. The Hall–Kier alpha value is -3.42. The van der Waals surface area contributed by atoms with E-state index >= 15 is 0 Å². The van der Waals surface area contributed by atoms with Gasteiger partial charge in [-0.05, 0) is 49.2 Å². The number of likely N-dealkylation sites (N-methyl/N-ethyl adjacent to an activating group) is 1. The Morgan fingerprint density at radius 3 is 2.26 bits per heavy atom. The number of hydrogen-bond donors (Lipinski definition) is 1. The summed E-state index contributed by atoms with van der Waals surface area (Å²) < 4.78 is 104. The van der Waals surface area contributed by atoms with Crippen molar-refractivity contribution in [3.05, 3.63) is 64.5 Å². The molecule has 7 nitrogen and oxygen atoms in total. The van der Waals surface area contributed by atoms with Gasteiger partial charge in [0.2, 0.25) is 15.0 Å². The predicted octanol–water partition coefficient (Wildman–Crippen LogP) is 5.61. The van der Waals surface area contributed by atoms with E-state index in [0.717, 1.165) is 24.5 Å². The minimum atomic E-state index is -4.62. The van der Waals surface area contributed by atoms with E-state index in [1.165, 1.54) is 37.2 Å². The van der Waals surface area contributed by atoms with Gasteiger partial charge in [-0.15, -0.1) is 0 Å². The number of pyridine rings is 1. The molecule has 14 heteroatoms. The average Bonchev–Trinajstić information content (AvgIpc) is 2.81. The zero-order valence-corrected chi connectivity index (χ0v) is 21.7. The summed E-state index contributed by atoms with van der Waals surface area (Å²) in [5.41, 5.74) is -0.492. The van der Waals surface area contributed by atoms with Crippen LogP contribution in [0.4, 0.5) is 43.7 Å². The Balaban J connectivity index is 2.00. The highest BCUT2D eigenvalue weighted by molar-refractivity contribution is 7.90. The Morgan fingerprint density at radius 1 is 1.03 bits per heavy atom. The first kappa shape index (κ1) is 29.1. The second-order valence-corrected chi connectivity index (χ2v) is 10.5. The lowest BCUT2D eigenvalue weighted by molar-refractivity contribution is -0.138. The van der Waals surface area contributed by atoms with Gasteiger partial charge in [-0.3, -0.25) is 0 Å². The van der Waals surface area contributed by atoms with E-state index in [-0.39, 0.29) is 41.5 Å². The number of nitrogens with zero attached hydrogens (tertiary/aromatic N) is 4. The van der Waals surface area contributed by atoms with Crippen molar-refractivity contribution < 1.29 is 34.8 Å². The van der Waals surface area contributed by atoms with Gasteiger partial charge in [-0.2, -0.15) is 26.3 Å². The van der Waals surface area contributed by atoms with Gasteiger partial charge in [0.15, 0.2) is 0 Å². The van der Waals surface area contributed by atoms with Crippen LogP contribution in [0.15, 0.2) is 41.7 Å². The maximum atomic E-state index is 13.4. The fourth-order valence-electron chi connectivity index (χ4n) is 3.76. The van der Waals surface area contributed by atoms with Gasteiger partial charge in [0.25, 0.3) is 0 Å². The van der Waals surface area contributed by atoms with Crippen LogP contribution in [0, 0.1) is 6.92 Å². The van der Waals surface area contributed by atoms with Gasteiger partial charge in [0, 0.05) is 43.7 Å². The first-order valence-corrected chi connectivity index (χ1v) is 13.2. The molecular formula is C24H25F6N5O2S. The topological polar surface area (TPSA) is 88.1 Å². The molecule has 0 bridgehead atoms. The summed E-state index contributed by atoms with van der Waals surface area (Å²) in [5, 5.41) is 2.39. The van der Waals surface area contributed by atoms with Crippen LogP contribution in [0.1, 0.15) is 34.9 Å². The van der Waals surface area contributed by atoms with Crippen LogP contribution >= 0.6 is 0 Å². The van der Waals surface area contributed by atoms with Crippen molar-refractivity contribution in [3.63, 3.8) is 0 Å². The number of alkyl halides is 6. The number of rotatable bonds is 8. The molecule has 1 aromatic carbocycles. The zero-order valence-electron chi connectivity index (χ0n) is 20.9. The van der Waals surface area contributed by atoms with Crippen molar-refractivity contribution in [2.45, 2.75) is 44.2 Å². The standard InChI is InChI=1S/C24H25F6N5O2S/c1-5-16-19(10-12-35(3)21-17(24(28,29)30)7-6-11-31-21)33-22(38(4,36)37)34-20(16)32-18-9-8-15(13-14(18)2)23(25,26)27/h6-9,11,13H,5,10,12H2,1-4H3,(H,32,33,34). The fraction of sp³-hybridized carbons (Fsp3) is 0.375. The first-order chi connectivity index (χ1) is 17.5. The minimum absolute atomic E-state index is 0.00601. The van der Waals surface area contributed by atoms with Crippen molar-refractivity contribution >= 4 is 27.2 Å². The van der Waals surface area contributed by atoms with Crippen LogP contribution in [0.25, 0.3) is 0 Å². The number of aryl methyl sites for hydroxylation is 1. The van der Waals surface area contributed by atoms with Gasteiger partial charge in [-0.25, -0.2) is 23.4 Å². The average molecular weight is 562 g/mol. The Bertz CT molecular complexity index is 1420. The van der Waals surface area contributed by atoms with E-state index in [1.54, 1.807) is 6.92 Å². The highest BCUT2D eigenvalue weighted by Crippen LogP contribution is 2.35. The number of aromatic nitrogens is 3. The lowest BCUT2D eigenvalue weighted by atomic mass is 10.1. The van der Waals surface area contributed by atoms with E-state index < -0.39 is 38.5 Å². The lowest BCUT2D eigenvalue weighted by Crippen LogP contribution is -2.26. The third-order valence-electron chi connectivity index (χ3n) is 5.70. The van der Waals surface area contributed by atoms with Crippen LogP contribution in [-0.2, 0) is 35.0 Å². The first-order valence-electron chi connectivity index (χ1n) is 11.3.